The average Bonchev–Trinajstić information content (AvgIpc) is 3.36. The summed E-state index contributed by atoms with van der Waals surface area (Å²) < 4.78 is 17.3. The maximum Gasteiger partial charge on any atom is 0.255 e. The van der Waals surface area contributed by atoms with E-state index in [9.17, 15) is 4.79 Å². The third kappa shape index (κ3) is 5.48. The minimum atomic E-state index is -0.260. The number of anilines is 1. The van der Waals surface area contributed by atoms with Crippen molar-refractivity contribution in [3.63, 3.8) is 0 Å². The minimum absolute atomic E-state index is 0.260. The van der Waals surface area contributed by atoms with Gasteiger partial charge in [0.2, 0.25) is 5.89 Å². The van der Waals surface area contributed by atoms with Crippen molar-refractivity contribution < 1.29 is 18.7 Å². The SMILES string of the molecule is COc1ccc(-c2nc3cc(C(C)C)ccc3o2)cc1NC(=O)c1ccc(OCc2ccccc2)cc1. The van der Waals surface area contributed by atoms with Crippen molar-refractivity contribution in [3.8, 4) is 23.0 Å². The van der Waals surface area contributed by atoms with E-state index in [2.05, 4.69) is 30.2 Å². The first kappa shape index (κ1) is 24.1. The predicted molar refractivity (Wildman–Crippen MR) is 145 cm³/mol. The molecule has 1 N–H and O–H groups in total. The molecule has 0 bridgehead atoms. The maximum atomic E-state index is 13.0. The number of carbonyl (C=O) groups excluding carboxylic acids is 1. The Labute approximate surface area is 215 Å². The van der Waals surface area contributed by atoms with Gasteiger partial charge in [0.25, 0.3) is 5.91 Å². The summed E-state index contributed by atoms with van der Waals surface area (Å²) in [6.07, 6.45) is 0. The molecule has 1 amide bonds. The Morgan fingerprint density at radius 3 is 2.46 bits per heavy atom. The van der Waals surface area contributed by atoms with Crippen LogP contribution in [-0.4, -0.2) is 18.0 Å². The van der Waals surface area contributed by atoms with E-state index in [-0.39, 0.29) is 5.91 Å². The summed E-state index contributed by atoms with van der Waals surface area (Å²) in [5, 5.41) is 2.95. The second-order valence-corrected chi connectivity index (χ2v) is 9.07. The van der Waals surface area contributed by atoms with Gasteiger partial charge in [-0.1, -0.05) is 50.2 Å². The number of aromatic nitrogens is 1. The summed E-state index contributed by atoms with van der Waals surface area (Å²) in [5.74, 6) is 1.85. The van der Waals surface area contributed by atoms with Crippen LogP contribution in [0, 0.1) is 0 Å². The van der Waals surface area contributed by atoms with E-state index in [4.69, 9.17) is 13.9 Å². The molecule has 0 aliphatic heterocycles. The van der Waals surface area contributed by atoms with Gasteiger partial charge in [0.15, 0.2) is 5.58 Å². The van der Waals surface area contributed by atoms with Crippen molar-refractivity contribution in [1.82, 2.24) is 4.98 Å². The van der Waals surface area contributed by atoms with Gasteiger partial charge in [0.05, 0.1) is 12.8 Å². The van der Waals surface area contributed by atoms with E-state index >= 15 is 0 Å². The number of amides is 1. The molecule has 1 aromatic heterocycles. The van der Waals surface area contributed by atoms with Gasteiger partial charge in [0.1, 0.15) is 23.6 Å². The third-order valence-corrected chi connectivity index (χ3v) is 6.14. The lowest BCUT2D eigenvalue weighted by Gasteiger charge is -2.12. The van der Waals surface area contributed by atoms with Crippen molar-refractivity contribution in [2.45, 2.75) is 26.4 Å². The van der Waals surface area contributed by atoms with Crippen LogP contribution in [0.25, 0.3) is 22.6 Å². The maximum absolute atomic E-state index is 13.0. The Kier molecular flexibility index (Phi) is 6.90. The van der Waals surface area contributed by atoms with Gasteiger partial charge < -0.3 is 19.2 Å². The van der Waals surface area contributed by atoms with Gasteiger partial charge in [-0.05, 0) is 71.6 Å². The highest BCUT2D eigenvalue weighted by atomic mass is 16.5. The number of rotatable bonds is 8. The molecule has 186 valence electrons. The van der Waals surface area contributed by atoms with Crippen LogP contribution in [0.2, 0.25) is 0 Å². The Hall–Kier alpha value is -4.58. The first-order valence-electron chi connectivity index (χ1n) is 12.2. The molecule has 0 aliphatic carbocycles. The number of methoxy groups -OCH3 is 1. The molecule has 5 aromatic rings. The Bertz CT molecular complexity index is 1520. The van der Waals surface area contributed by atoms with E-state index in [1.807, 2.05) is 54.6 Å². The first-order valence-corrected chi connectivity index (χ1v) is 12.2. The molecule has 0 saturated heterocycles. The fourth-order valence-electron chi connectivity index (χ4n) is 4.00. The van der Waals surface area contributed by atoms with E-state index in [1.54, 1.807) is 37.4 Å². The van der Waals surface area contributed by atoms with E-state index in [0.717, 1.165) is 22.2 Å². The van der Waals surface area contributed by atoms with Gasteiger partial charge in [-0.15, -0.1) is 0 Å². The van der Waals surface area contributed by atoms with Gasteiger partial charge >= 0.3 is 0 Å². The lowest BCUT2D eigenvalue weighted by Crippen LogP contribution is -2.12. The number of fused-ring (bicyclic) bond motifs is 1. The number of hydrogen-bond acceptors (Lipinski definition) is 5. The molecule has 0 saturated carbocycles. The standard InChI is InChI=1S/C31H28N2O4/c1-20(2)23-11-16-29-27(17-23)33-31(37-29)24-12-15-28(35-3)26(18-24)32-30(34)22-9-13-25(14-10-22)36-19-21-7-5-4-6-8-21/h4-18,20H,19H2,1-3H3,(H,32,34). The summed E-state index contributed by atoms with van der Waals surface area (Å²) in [6, 6.07) is 28.5. The summed E-state index contributed by atoms with van der Waals surface area (Å²) in [5.41, 5.74) is 5.57. The Balaban J connectivity index is 1.33. The molecule has 0 spiro atoms. The lowest BCUT2D eigenvalue weighted by molar-refractivity contribution is 0.102. The molecule has 5 rings (SSSR count). The Morgan fingerprint density at radius 2 is 1.73 bits per heavy atom. The number of nitrogens with zero attached hydrogens (tertiary/aromatic N) is 1. The fourth-order valence-corrected chi connectivity index (χ4v) is 4.00. The fraction of sp³-hybridized carbons (Fsp3) is 0.161. The van der Waals surface area contributed by atoms with Crippen LogP contribution in [0.15, 0.2) is 95.4 Å². The van der Waals surface area contributed by atoms with Crippen LogP contribution >= 0.6 is 0 Å². The van der Waals surface area contributed by atoms with Crippen LogP contribution in [-0.2, 0) is 6.61 Å². The zero-order chi connectivity index (χ0) is 25.8. The van der Waals surface area contributed by atoms with E-state index in [1.165, 1.54) is 5.56 Å². The Morgan fingerprint density at radius 1 is 0.946 bits per heavy atom. The number of hydrogen-bond donors (Lipinski definition) is 1. The number of ether oxygens (including phenoxy) is 2. The van der Waals surface area contributed by atoms with Crippen molar-refractivity contribution in [1.29, 1.82) is 0 Å². The number of benzene rings is 4. The largest absolute Gasteiger partial charge is 0.495 e. The number of oxazole rings is 1. The molecule has 0 aliphatic rings. The topological polar surface area (TPSA) is 73.6 Å². The molecule has 4 aromatic carbocycles. The number of nitrogens with one attached hydrogen (secondary N) is 1. The summed E-state index contributed by atoms with van der Waals surface area (Å²) in [6.45, 7) is 4.75. The van der Waals surface area contributed by atoms with Crippen molar-refractivity contribution in [2.75, 3.05) is 12.4 Å². The van der Waals surface area contributed by atoms with Crippen LogP contribution in [0.3, 0.4) is 0 Å². The molecule has 37 heavy (non-hydrogen) atoms. The molecule has 1 heterocycles. The van der Waals surface area contributed by atoms with Crippen LogP contribution in [0.4, 0.5) is 5.69 Å². The molecular formula is C31H28N2O4. The van der Waals surface area contributed by atoms with Crippen molar-refractivity contribution in [3.05, 3.63) is 108 Å². The first-order chi connectivity index (χ1) is 18.0. The molecule has 0 radical (unpaired) electrons. The van der Waals surface area contributed by atoms with Crippen molar-refractivity contribution >= 4 is 22.7 Å². The van der Waals surface area contributed by atoms with Gasteiger partial charge in [-0.25, -0.2) is 4.98 Å². The van der Waals surface area contributed by atoms with Gasteiger partial charge in [-0.3, -0.25) is 4.79 Å². The van der Waals surface area contributed by atoms with Crippen LogP contribution in [0.5, 0.6) is 11.5 Å². The van der Waals surface area contributed by atoms with Gasteiger partial charge in [-0.2, -0.15) is 0 Å². The monoisotopic (exact) mass is 492 g/mol. The lowest BCUT2D eigenvalue weighted by atomic mass is 10.0. The minimum Gasteiger partial charge on any atom is -0.495 e. The van der Waals surface area contributed by atoms with Crippen LogP contribution in [0.1, 0.15) is 41.3 Å². The summed E-state index contributed by atoms with van der Waals surface area (Å²) in [7, 11) is 1.57. The molecule has 6 nitrogen and oxygen atoms in total. The molecule has 6 heteroatoms. The zero-order valence-electron chi connectivity index (χ0n) is 21.0. The quantitative estimate of drug-likeness (QED) is 0.243. The highest BCUT2D eigenvalue weighted by Gasteiger charge is 2.15. The molecule has 0 fully saturated rings. The van der Waals surface area contributed by atoms with Crippen LogP contribution < -0.4 is 14.8 Å². The molecule has 0 atom stereocenters. The highest BCUT2D eigenvalue weighted by molar-refractivity contribution is 6.05. The number of carbonyl (C=O) groups is 1. The molecular weight excluding hydrogens is 464 g/mol. The normalized spacial score (nSPS) is 11.0. The third-order valence-electron chi connectivity index (χ3n) is 6.14. The predicted octanol–water partition coefficient (Wildman–Crippen LogP) is 7.46. The van der Waals surface area contributed by atoms with Crippen molar-refractivity contribution in [2.24, 2.45) is 0 Å². The van der Waals surface area contributed by atoms with Gasteiger partial charge in [0, 0.05) is 11.1 Å². The highest BCUT2D eigenvalue weighted by Crippen LogP contribution is 2.33. The van der Waals surface area contributed by atoms with E-state index in [0.29, 0.717) is 41.2 Å². The smallest absolute Gasteiger partial charge is 0.255 e. The average molecular weight is 493 g/mol. The summed E-state index contributed by atoms with van der Waals surface area (Å²) in [4.78, 5) is 17.7. The zero-order valence-corrected chi connectivity index (χ0v) is 21.0. The molecule has 0 unspecified atom stereocenters. The second kappa shape index (κ2) is 10.6. The summed E-state index contributed by atoms with van der Waals surface area (Å²) >= 11 is 0. The van der Waals surface area contributed by atoms with E-state index < -0.39 is 0 Å². The second-order valence-electron chi connectivity index (χ2n) is 9.07.